The molecule has 57 valence electrons. The van der Waals surface area contributed by atoms with Crippen LogP contribution >= 0.6 is 0 Å². The molecular formula is C8H15N2. The van der Waals surface area contributed by atoms with E-state index in [9.17, 15) is 0 Å². The predicted octanol–water partition coefficient (Wildman–Crippen LogP) is 0.210. The highest BCUT2D eigenvalue weighted by molar-refractivity contribution is 4.97. The van der Waals surface area contributed by atoms with Gasteiger partial charge in [0.1, 0.15) is 0 Å². The maximum atomic E-state index is 2.55. The molecule has 0 amide bonds. The van der Waals surface area contributed by atoms with Crippen molar-refractivity contribution in [1.29, 1.82) is 0 Å². The molecule has 1 radical (unpaired) electrons. The molecule has 2 aliphatic heterocycles. The molecular weight excluding hydrogens is 124 g/mol. The largest absolute Gasteiger partial charge is 0.300 e. The van der Waals surface area contributed by atoms with Crippen LogP contribution in [-0.2, 0) is 0 Å². The fourth-order valence-electron chi connectivity index (χ4n) is 1.61. The highest BCUT2D eigenvalue weighted by Gasteiger charge is 2.33. The van der Waals surface area contributed by atoms with Gasteiger partial charge in [0.2, 0.25) is 0 Å². The summed E-state index contributed by atoms with van der Waals surface area (Å²) in [4.78, 5) is 5.04. The van der Waals surface area contributed by atoms with Gasteiger partial charge in [-0.2, -0.15) is 0 Å². The van der Waals surface area contributed by atoms with Crippen LogP contribution in [-0.4, -0.2) is 48.6 Å². The van der Waals surface area contributed by atoms with Crippen molar-refractivity contribution in [2.45, 2.75) is 13.0 Å². The third-order valence-electron chi connectivity index (χ3n) is 2.63. The van der Waals surface area contributed by atoms with Crippen LogP contribution in [0.4, 0.5) is 0 Å². The highest BCUT2D eigenvalue weighted by Crippen LogP contribution is 2.18. The minimum atomic E-state index is 0.893. The lowest BCUT2D eigenvalue weighted by molar-refractivity contribution is 0.0246. The lowest BCUT2D eigenvalue weighted by Crippen LogP contribution is -2.62. The summed E-state index contributed by atoms with van der Waals surface area (Å²) in [5, 5.41) is 0. The van der Waals surface area contributed by atoms with E-state index < -0.39 is 0 Å². The summed E-state index contributed by atoms with van der Waals surface area (Å²) in [6.07, 6.45) is 2.34. The van der Waals surface area contributed by atoms with E-state index in [1.807, 2.05) is 0 Å². The van der Waals surface area contributed by atoms with Crippen molar-refractivity contribution in [3.63, 3.8) is 0 Å². The highest BCUT2D eigenvalue weighted by atomic mass is 15.3. The summed E-state index contributed by atoms with van der Waals surface area (Å²) in [6.45, 7) is 8.56. The summed E-state index contributed by atoms with van der Waals surface area (Å²) < 4.78 is 0. The number of nitrogens with zero attached hydrogens (tertiary/aromatic N) is 2. The standard InChI is InChI=1S/C8H15N2/c1-2-9-6-8(7-9)10-4-3-5-10/h3,8H,2,4-7H2,1H3. The second-order valence-electron chi connectivity index (χ2n) is 3.25. The zero-order chi connectivity index (χ0) is 6.97. The molecule has 0 N–H and O–H groups in total. The van der Waals surface area contributed by atoms with Crippen molar-refractivity contribution in [2.75, 3.05) is 32.7 Å². The zero-order valence-electron chi connectivity index (χ0n) is 6.58. The van der Waals surface area contributed by atoms with Gasteiger partial charge in [-0.15, -0.1) is 0 Å². The summed E-state index contributed by atoms with van der Waals surface area (Å²) in [5.41, 5.74) is 0. The van der Waals surface area contributed by atoms with Crippen LogP contribution in [0.5, 0.6) is 0 Å². The average molecular weight is 139 g/mol. The van der Waals surface area contributed by atoms with Gasteiger partial charge in [-0.25, -0.2) is 0 Å². The van der Waals surface area contributed by atoms with Gasteiger partial charge >= 0.3 is 0 Å². The lowest BCUT2D eigenvalue weighted by Gasteiger charge is -2.48. The van der Waals surface area contributed by atoms with Crippen LogP contribution < -0.4 is 0 Å². The maximum absolute atomic E-state index is 2.55. The van der Waals surface area contributed by atoms with Crippen molar-refractivity contribution in [2.24, 2.45) is 0 Å². The first-order valence-electron chi connectivity index (χ1n) is 4.18. The van der Waals surface area contributed by atoms with Gasteiger partial charge in [0, 0.05) is 32.2 Å². The summed E-state index contributed by atoms with van der Waals surface area (Å²) in [6, 6.07) is 0.893. The van der Waals surface area contributed by atoms with Crippen LogP contribution in [0, 0.1) is 6.42 Å². The van der Waals surface area contributed by atoms with Crippen LogP contribution in [0.15, 0.2) is 0 Å². The van der Waals surface area contributed by atoms with E-state index in [-0.39, 0.29) is 0 Å². The second kappa shape index (κ2) is 2.51. The molecule has 2 fully saturated rings. The predicted molar refractivity (Wildman–Crippen MR) is 41.8 cm³/mol. The molecule has 0 aliphatic carbocycles. The number of hydrogen-bond acceptors (Lipinski definition) is 2. The van der Waals surface area contributed by atoms with E-state index >= 15 is 0 Å². The SMILES string of the molecule is CCN1CC(N2C[CH]C2)C1. The van der Waals surface area contributed by atoms with Crippen molar-refractivity contribution in [3.8, 4) is 0 Å². The van der Waals surface area contributed by atoms with Crippen LogP contribution in [0.3, 0.4) is 0 Å². The Bertz CT molecular complexity index is 114. The maximum Gasteiger partial charge on any atom is 0.0350 e. The Labute approximate surface area is 62.8 Å². The fraction of sp³-hybridized carbons (Fsp3) is 0.875. The molecule has 2 nitrogen and oxygen atoms in total. The van der Waals surface area contributed by atoms with Gasteiger partial charge < -0.3 is 4.90 Å². The minimum Gasteiger partial charge on any atom is -0.300 e. The van der Waals surface area contributed by atoms with Gasteiger partial charge in [-0.1, -0.05) is 6.92 Å². The van der Waals surface area contributed by atoms with Gasteiger partial charge in [0.25, 0.3) is 0 Å². The third kappa shape index (κ3) is 0.956. The van der Waals surface area contributed by atoms with Gasteiger partial charge in [0.05, 0.1) is 0 Å². The topological polar surface area (TPSA) is 6.48 Å². The van der Waals surface area contributed by atoms with Crippen molar-refractivity contribution in [3.05, 3.63) is 6.42 Å². The Kier molecular flexibility index (Phi) is 1.66. The first-order valence-corrected chi connectivity index (χ1v) is 4.18. The van der Waals surface area contributed by atoms with E-state index in [1.54, 1.807) is 0 Å². The van der Waals surface area contributed by atoms with Gasteiger partial charge in [-0.3, -0.25) is 4.90 Å². The first-order chi connectivity index (χ1) is 4.90. The Morgan fingerprint density at radius 2 is 2.10 bits per heavy atom. The third-order valence-corrected chi connectivity index (χ3v) is 2.63. The minimum absolute atomic E-state index is 0.893. The molecule has 0 aromatic heterocycles. The number of likely N-dealkylation sites (tertiary alicyclic amines) is 2. The molecule has 2 heterocycles. The second-order valence-corrected chi connectivity index (χ2v) is 3.25. The lowest BCUT2D eigenvalue weighted by atomic mass is 10.0. The molecule has 10 heavy (non-hydrogen) atoms. The van der Waals surface area contributed by atoms with E-state index in [2.05, 4.69) is 23.1 Å². The number of hydrogen-bond donors (Lipinski definition) is 0. The van der Waals surface area contributed by atoms with Crippen molar-refractivity contribution < 1.29 is 0 Å². The molecule has 2 heteroatoms. The Morgan fingerprint density at radius 1 is 1.40 bits per heavy atom. The molecule has 0 bridgehead atoms. The zero-order valence-corrected chi connectivity index (χ0v) is 6.58. The Balaban J connectivity index is 1.69. The summed E-state index contributed by atoms with van der Waals surface area (Å²) in [5.74, 6) is 0. The summed E-state index contributed by atoms with van der Waals surface area (Å²) >= 11 is 0. The normalized spacial score (nSPS) is 29.7. The van der Waals surface area contributed by atoms with Crippen molar-refractivity contribution in [1.82, 2.24) is 9.80 Å². The fourth-order valence-corrected chi connectivity index (χ4v) is 1.61. The molecule has 2 saturated heterocycles. The molecule has 0 spiro atoms. The van der Waals surface area contributed by atoms with Crippen LogP contribution in [0.1, 0.15) is 6.92 Å². The van der Waals surface area contributed by atoms with Gasteiger partial charge in [0.15, 0.2) is 0 Å². The number of likely N-dealkylation sites (N-methyl/N-ethyl adjacent to an activating group) is 1. The molecule has 2 aliphatic rings. The average Bonchev–Trinajstić information content (AvgIpc) is 1.72. The monoisotopic (exact) mass is 139 g/mol. The van der Waals surface area contributed by atoms with E-state index in [1.165, 1.54) is 32.7 Å². The molecule has 0 aromatic carbocycles. The molecule has 2 rings (SSSR count). The van der Waals surface area contributed by atoms with Crippen LogP contribution in [0.2, 0.25) is 0 Å². The Hall–Kier alpha value is -0.0800. The molecule has 0 unspecified atom stereocenters. The molecule has 0 aromatic rings. The van der Waals surface area contributed by atoms with Crippen molar-refractivity contribution >= 4 is 0 Å². The summed E-state index contributed by atoms with van der Waals surface area (Å²) in [7, 11) is 0. The molecule has 0 atom stereocenters. The quantitative estimate of drug-likeness (QED) is 0.539. The van der Waals surface area contributed by atoms with Gasteiger partial charge in [-0.05, 0) is 13.0 Å². The number of rotatable bonds is 2. The van der Waals surface area contributed by atoms with E-state index in [0.717, 1.165) is 6.04 Å². The smallest absolute Gasteiger partial charge is 0.0350 e. The van der Waals surface area contributed by atoms with E-state index in [4.69, 9.17) is 0 Å². The Morgan fingerprint density at radius 3 is 2.50 bits per heavy atom. The van der Waals surface area contributed by atoms with Crippen LogP contribution in [0.25, 0.3) is 0 Å². The molecule has 0 saturated carbocycles. The first kappa shape index (κ1) is 6.62. The van der Waals surface area contributed by atoms with E-state index in [0.29, 0.717) is 0 Å².